The minimum atomic E-state index is -1.35. The lowest BCUT2D eigenvalue weighted by molar-refractivity contribution is -0.146. The first-order valence-electron chi connectivity index (χ1n) is 8.84. The number of amides is 2. The molecule has 0 atom stereocenters. The Morgan fingerprint density at radius 1 is 1.22 bits per heavy atom. The quantitative estimate of drug-likeness (QED) is 0.638. The molecule has 8 nitrogen and oxygen atoms in total. The highest BCUT2D eigenvalue weighted by molar-refractivity contribution is 5.86. The molecule has 1 saturated carbocycles. The van der Waals surface area contributed by atoms with Gasteiger partial charge >= 0.3 is 5.97 Å². The molecule has 0 spiro atoms. The van der Waals surface area contributed by atoms with Crippen LogP contribution in [0.4, 0.5) is 0 Å². The number of rotatable bonds is 10. The van der Waals surface area contributed by atoms with E-state index in [0.29, 0.717) is 11.5 Å². The third kappa shape index (κ3) is 5.87. The number of carboxylic acids is 1. The lowest BCUT2D eigenvalue weighted by Gasteiger charge is -2.24. The van der Waals surface area contributed by atoms with Gasteiger partial charge in [0.05, 0.1) is 7.11 Å². The van der Waals surface area contributed by atoms with Crippen LogP contribution in [0.15, 0.2) is 24.3 Å². The van der Waals surface area contributed by atoms with Gasteiger partial charge in [-0.15, -0.1) is 0 Å². The van der Waals surface area contributed by atoms with Gasteiger partial charge < -0.3 is 24.8 Å². The van der Waals surface area contributed by atoms with Gasteiger partial charge in [0.1, 0.15) is 5.54 Å². The van der Waals surface area contributed by atoms with E-state index in [2.05, 4.69) is 5.32 Å². The van der Waals surface area contributed by atoms with Crippen molar-refractivity contribution in [3.63, 3.8) is 0 Å². The maximum atomic E-state index is 12.5. The Labute approximate surface area is 158 Å². The number of methoxy groups -OCH3 is 1. The molecular weight excluding hydrogens is 352 g/mol. The van der Waals surface area contributed by atoms with Crippen LogP contribution < -0.4 is 14.8 Å². The average molecular weight is 378 g/mol. The third-order valence-corrected chi connectivity index (χ3v) is 4.29. The average Bonchev–Trinajstić information content (AvgIpc) is 3.44. The van der Waals surface area contributed by atoms with E-state index in [-0.39, 0.29) is 31.5 Å². The lowest BCUT2D eigenvalue weighted by atomic mass is 10.1. The Balaban J connectivity index is 1.88. The van der Waals surface area contributed by atoms with E-state index < -0.39 is 17.4 Å². The molecule has 2 N–H and O–H groups in total. The second-order valence-electron chi connectivity index (χ2n) is 6.99. The molecule has 1 aliphatic rings. The van der Waals surface area contributed by atoms with Crippen molar-refractivity contribution in [2.45, 2.75) is 44.7 Å². The fourth-order valence-corrected chi connectivity index (χ4v) is 2.54. The maximum absolute atomic E-state index is 12.5. The summed E-state index contributed by atoms with van der Waals surface area (Å²) in [6, 6.07) is 7.16. The number of hydrogen-bond donors (Lipinski definition) is 2. The van der Waals surface area contributed by atoms with Gasteiger partial charge in [-0.05, 0) is 38.8 Å². The van der Waals surface area contributed by atoms with E-state index in [1.165, 1.54) is 21.0 Å². The van der Waals surface area contributed by atoms with Crippen LogP contribution in [0.5, 0.6) is 11.5 Å². The minimum absolute atomic E-state index is 0.0353. The van der Waals surface area contributed by atoms with Crippen LogP contribution >= 0.6 is 0 Å². The van der Waals surface area contributed by atoms with Crippen molar-refractivity contribution in [2.75, 3.05) is 20.3 Å². The number of aliphatic carboxylic acids is 1. The standard InChI is InChI=1S/C19H26N2O6/c1-19(2,18(24)25)20-16(22)10-11-21(13-8-9-13)17(23)12-27-15-7-5-4-6-14(15)26-3/h4-7,13H,8-12H2,1-3H3,(H,20,22)(H,24,25). The Kier molecular flexibility index (Phi) is 6.65. The lowest BCUT2D eigenvalue weighted by Crippen LogP contribution is -2.50. The number of carbonyl (C=O) groups is 3. The van der Waals surface area contributed by atoms with E-state index in [0.717, 1.165) is 12.8 Å². The number of para-hydroxylation sites is 2. The van der Waals surface area contributed by atoms with Crippen molar-refractivity contribution >= 4 is 17.8 Å². The molecule has 0 saturated heterocycles. The van der Waals surface area contributed by atoms with Crippen LogP contribution in [0, 0.1) is 0 Å². The smallest absolute Gasteiger partial charge is 0.328 e. The zero-order valence-corrected chi connectivity index (χ0v) is 15.9. The molecule has 27 heavy (non-hydrogen) atoms. The predicted octanol–water partition coefficient (Wildman–Crippen LogP) is 1.43. The molecule has 148 valence electrons. The van der Waals surface area contributed by atoms with Crippen LogP contribution in [0.3, 0.4) is 0 Å². The summed E-state index contributed by atoms with van der Waals surface area (Å²) in [6.45, 7) is 2.90. The number of hydrogen-bond acceptors (Lipinski definition) is 5. The zero-order chi connectivity index (χ0) is 20.0. The summed E-state index contributed by atoms with van der Waals surface area (Å²) in [6.07, 6.45) is 1.82. The number of nitrogens with zero attached hydrogens (tertiary/aromatic N) is 1. The molecule has 1 fully saturated rings. The summed E-state index contributed by atoms with van der Waals surface area (Å²) in [5, 5.41) is 11.5. The fourth-order valence-electron chi connectivity index (χ4n) is 2.54. The predicted molar refractivity (Wildman–Crippen MR) is 97.7 cm³/mol. The molecule has 0 radical (unpaired) electrons. The van der Waals surface area contributed by atoms with E-state index >= 15 is 0 Å². The third-order valence-electron chi connectivity index (χ3n) is 4.29. The Morgan fingerprint density at radius 3 is 2.41 bits per heavy atom. The van der Waals surface area contributed by atoms with E-state index in [1.807, 2.05) is 0 Å². The van der Waals surface area contributed by atoms with Gasteiger partial charge in [0.2, 0.25) is 5.91 Å². The second-order valence-corrected chi connectivity index (χ2v) is 6.99. The summed E-state index contributed by atoms with van der Waals surface area (Å²) < 4.78 is 10.8. The van der Waals surface area contributed by atoms with Crippen LogP contribution in [0.25, 0.3) is 0 Å². The molecule has 0 heterocycles. The van der Waals surface area contributed by atoms with E-state index in [1.54, 1.807) is 29.2 Å². The monoisotopic (exact) mass is 378 g/mol. The largest absolute Gasteiger partial charge is 0.493 e. The molecule has 1 aliphatic carbocycles. The summed E-state index contributed by atoms with van der Waals surface area (Å²) in [5.41, 5.74) is -1.35. The second kappa shape index (κ2) is 8.75. The van der Waals surface area contributed by atoms with Crippen molar-refractivity contribution in [3.8, 4) is 11.5 Å². The first-order valence-corrected chi connectivity index (χ1v) is 8.84. The molecule has 8 heteroatoms. The summed E-state index contributed by atoms with van der Waals surface area (Å²) in [5.74, 6) is -0.722. The molecule has 0 aromatic heterocycles. The van der Waals surface area contributed by atoms with Gasteiger partial charge in [0.15, 0.2) is 18.1 Å². The number of carbonyl (C=O) groups excluding carboxylic acids is 2. The molecule has 2 amide bonds. The van der Waals surface area contributed by atoms with E-state index in [9.17, 15) is 14.4 Å². The van der Waals surface area contributed by atoms with Crippen LogP contribution in [0.1, 0.15) is 33.1 Å². The molecule has 0 bridgehead atoms. The highest BCUT2D eigenvalue weighted by atomic mass is 16.5. The number of benzene rings is 1. The number of carboxylic acid groups (broad SMARTS) is 1. The molecule has 2 rings (SSSR count). The zero-order valence-electron chi connectivity index (χ0n) is 15.9. The highest BCUT2D eigenvalue weighted by Crippen LogP contribution is 2.28. The SMILES string of the molecule is COc1ccccc1OCC(=O)N(CCC(=O)NC(C)(C)C(=O)O)C1CC1. The summed E-state index contributed by atoms with van der Waals surface area (Å²) in [7, 11) is 1.53. The first kappa shape index (κ1) is 20.5. The summed E-state index contributed by atoms with van der Waals surface area (Å²) >= 11 is 0. The fraction of sp³-hybridized carbons (Fsp3) is 0.526. The van der Waals surface area contributed by atoms with Gasteiger partial charge in [0, 0.05) is 19.0 Å². The van der Waals surface area contributed by atoms with Crippen molar-refractivity contribution in [1.29, 1.82) is 0 Å². The van der Waals surface area contributed by atoms with Crippen LogP contribution in [-0.2, 0) is 14.4 Å². The summed E-state index contributed by atoms with van der Waals surface area (Å²) in [4.78, 5) is 37.3. The van der Waals surface area contributed by atoms with E-state index in [4.69, 9.17) is 14.6 Å². The minimum Gasteiger partial charge on any atom is -0.493 e. The van der Waals surface area contributed by atoms with Crippen molar-refractivity contribution in [3.05, 3.63) is 24.3 Å². The molecular formula is C19H26N2O6. The highest BCUT2D eigenvalue weighted by Gasteiger charge is 2.34. The normalized spacial score (nSPS) is 13.6. The first-order chi connectivity index (χ1) is 12.7. The Bertz CT molecular complexity index is 699. The Hall–Kier alpha value is -2.77. The molecule has 0 aliphatic heterocycles. The topological polar surface area (TPSA) is 105 Å². The van der Waals surface area contributed by atoms with Gasteiger partial charge in [-0.2, -0.15) is 0 Å². The molecule has 0 unspecified atom stereocenters. The number of nitrogens with one attached hydrogen (secondary N) is 1. The Morgan fingerprint density at radius 2 is 1.85 bits per heavy atom. The molecule has 1 aromatic rings. The van der Waals surface area contributed by atoms with Gasteiger partial charge in [-0.25, -0.2) is 4.79 Å². The number of ether oxygens (including phenoxy) is 2. The van der Waals surface area contributed by atoms with Crippen LogP contribution in [-0.4, -0.2) is 59.6 Å². The van der Waals surface area contributed by atoms with Crippen LogP contribution in [0.2, 0.25) is 0 Å². The van der Waals surface area contributed by atoms with Gasteiger partial charge in [0.25, 0.3) is 5.91 Å². The molecule has 1 aromatic carbocycles. The van der Waals surface area contributed by atoms with Gasteiger partial charge in [-0.3, -0.25) is 9.59 Å². The van der Waals surface area contributed by atoms with Crippen molar-refractivity contribution in [1.82, 2.24) is 10.2 Å². The van der Waals surface area contributed by atoms with Gasteiger partial charge in [-0.1, -0.05) is 12.1 Å². The van der Waals surface area contributed by atoms with Crippen molar-refractivity contribution in [2.24, 2.45) is 0 Å². The maximum Gasteiger partial charge on any atom is 0.328 e. The van der Waals surface area contributed by atoms with Crippen molar-refractivity contribution < 1.29 is 29.0 Å².